The van der Waals surface area contributed by atoms with Gasteiger partial charge in [0.15, 0.2) is 22.7 Å². The van der Waals surface area contributed by atoms with E-state index < -0.39 is 5.41 Å². The lowest BCUT2D eigenvalue weighted by molar-refractivity contribution is -0.114. The summed E-state index contributed by atoms with van der Waals surface area (Å²) < 4.78 is 16.6. The third-order valence-corrected chi connectivity index (χ3v) is 8.18. The van der Waals surface area contributed by atoms with Gasteiger partial charge in [0, 0.05) is 36.1 Å². The number of allylic oxidation sites excluding steroid dienone is 1. The van der Waals surface area contributed by atoms with Crippen LogP contribution < -0.4 is 20.6 Å². The third-order valence-electron chi connectivity index (χ3n) is 8.18. The average molecular weight is 573 g/mol. The molecule has 2 heterocycles. The number of guanidine groups is 1. The molecule has 1 aliphatic carbocycles. The summed E-state index contributed by atoms with van der Waals surface area (Å²) in [4.78, 5) is 37.0. The van der Waals surface area contributed by atoms with Gasteiger partial charge in [0.05, 0.1) is 31.0 Å². The van der Waals surface area contributed by atoms with Crippen molar-refractivity contribution in [3.63, 3.8) is 0 Å². The number of nitrogens with two attached hydrogens (primary N) is 1. The molecule has 1 aliphatic heterocycles. The highest BCUT2D eigenvalue weighted by molar-refractivity contribution is 6.09. The maximum absolute atomic E-state index is 13.0. The summed E-state index contributed by atoms with van der Waals surface area (Å²) in [7, 11) is 2.84. The van der Waals surface area contributed by atoms with Crippen LogP contribution in [0.2, 0.25) is 0 Å². The first-order valence-electron chi connectivity index (χ1n) is 14.1. The van der Waals surface area contributed by atoms with Crippen molar-refractivity contribution < 1.29 is 23.8 Å². The van der Waals surface area contributed by atoms with Gasteiger partial charge in [-0.15, -0.1) is 0 Å². The standard InChI is InChI=1S/C32H36N4O6/c1-6-32(3)17-23(18(2)37)36(21-9-7-8-10-21)30(32)35-31(33)34-20-11-12-22-24(38)16-25(42-26(22)15-20)19-13-27(40-4)29(39)28(14-19)41-5/h11-17,21,39H,6-10H2,1-5H3,(H2,33,34)/b35-30+. The summed E-state index contributed by atoms with van der Waals surface area (Å²) in [6.45, 7) is 5.72. The van der Waals surface area contributed by atoms with Crippen molar-refractivity contribution >= 4 is 34.2 Å². The molecule has 5 rings (SSSR count). The summed E-state index contributed by atoms with van der Waals surface area (Å²) >= 11 is 0. The number of nitrogens with zero attached hydrogens (tertiary/aromatic N) is 3. The molecule has 1 saturated carbocycles. The molecule has 0 amide bonds. The molecule has 0 spiro atoms. The number of ether oxygens (including phenoxy) is 2. The number of benzene rings is 2. The number of carbonyl (C=O) groups excluding carboxylic acids is 1. The molecule has 220 valence electrons. The molecule has 10 nitrogen and oxygen atoms in total. The van der Waals surface area contributed by atoms with Crippen LogP contribution >= 0.6 is 0 Å². The number of carbonyl (C=O) groups is 1. The molecule has 3 N–H and O–H groups in total. The lowest BCUT2D eigenvalue weighted by Gasteiger charge is -2.33. The van der Waals surface area contributed by atoms with E-state index in [1.165, 1.54) is 20.3 Å². The Kier molecular flexibility index (Phi) is 7.81. The smallest absolute Gasteiger partial charge is 0.222 e. The molecular weight excluding hydrogens is 536 g/mol. The highest BCUT2D eigenvalue weighted by atomic mass is 16.5. The van der Waals surface area contributed by atoms with Gasteiger partial charge in [-0.25, -0.2) is 4.99 Å². The fourth-order valence-corrected chi connectivity index (χ4v) is 5.73. The van der Waals surface area contributed by atoms with Gasteiger partial charge in [0.25, 0.3) is 0 Å². The van der Waals surface area contributed by atoms with Gasteiger partial charge in [-0.3, -0.25) is 9.59 Å². The molecule has 1 aromatic heterocycles. The van der Waals surface area contributed by atoms with E-state index in [0.29, 0.717) is 27.9 Å². The summed E-state index contributed by atoms with van der Waals surface area (Å²) in [6, 6.07) is 9.64. The van der Waals surface area contributed by atoms with Gasteiger partial charge in [0.1, 0.15) is 17.2 Å². The van der Waals surface area contributed by atoms with Crippen molar-refractivity contribution in [1.29, 1.82) is 0 Å². The molecule has 42 heavy (non-hydrogen) atoms. The van der Waals surface area contributed by atoms with Crippen molar-refractivity contribution in [3.8, 4) is 28.6 Å². The topological polar surface area (TPSA) is 140 Å². The van der Waals surface area contributed by atoms with Gasteiger partial charge in [-0.1, -0.05) is 19.8 Å². The number of hydrogen-bond donors (Lipinski definition) is 2. The zero-order chi connectivity index (χ0) is 30.2. The van der Waals surface area contributed by atoms with Crippen molar-refractivity contribution in [3.05, 3.63) is 58.4 Å². The van der Waals surface area contributed by atoms with Gasteiger partial charge in [-0.05, 0) is 56.5 Å². The molecular formula is C32H36N4O6. The Morgan fingerprint density at radius 2 is 1.81 bits per heavy atom. The number of ketones is 1. The van der Waals surface area contributed by atoms with Crippen molar-refractivity contribution in [2.24, 2.45) is 21.1 Å². The number of fused-ring (bicyclic) bond motifs is 1. The Morgan fingerprint density at radius 3 is 2.40 bits per heavy atom. The third kappa shape index (κ3) is 5.24. The minimum absolute atomic E-state index is 0.00603. The lowest BCUT2D eigenvalue weighted by atomic mass is 9.87. The molecule has 10 heteroatoms. The Labute approximate surface area is 244 Å². The highest BCUT2D eigenvalue weighted by Crippen LogP contribution is 2.42. The minimum Gasteiger partial charge on any atom is -0.502 e. The molecule has 1 unspecified atom stereocenters. The van der Waals surface area contributed by atoms with E-state index in [0.717, 1.165) is 37.9 Å². The number of amidine groups is 1. The lowest BCUT2D eigenvalue weighted by Crippen LogP contribution is -2.42. The van der Waals surface area contributed by atoms with Gasteiger partial charge >= 0.3 is 0 Å². The molecule has 2 aliphatic rings. The summed E-state index contributed by atoms with van der Waals surface area (Å²) in [5.41, 5.74) is 7.60. The van der Waals surface area contributed by atoms with Crippen LogP contribution in [-0.4, -0.2) is 47.8 Å². The first-order chi connectivity index (χ1) is 20.1. The number of Topliss-reactive ketones (excluding diaryl/α,β-unsaturated/α-hetero) is 1. The largest absolute Gasteiger partial charge is 0.502 e. The zero-order valence-corrected chi connectivity index (χ0v) is 24.6. The fraction of sp³-hybridized carbons (Fsp3) is 0.375. The van der Waals surface area contributed by atoms with Crippen LogP contribution in [0.25, 0.3) is 22.3 Å². The normalized spacial score (nSPS) is 20.4. The van der Waals surface area contributed by atoms with Gasteiger partial charge < -0.3 is 29.6 Å². The first kappa shape index (κ1) is 28.9. The number of phenols is 1. The van der Waals surface area contributed by atoms with E-state index in [1.807, 2.05) is 6.08 Å². The Hall–Kier alpha value is -4.60. The summed E-state index contributed by atoms with van der Waals surface area (Å²) in [6.07, 6.45) is 6.96. The van der Waals surface area contributed by atoms with Crippen LogP contribution in [0, 0.1) is 5.41 Å². The van der Waals surface area contributed by atoms with Crippen molar-refractivity contribution in [2.75, 3.05) is 14.2 Å². The van der Waals surface area contributed by atoms with Crippen LogP contribution in [0.5, 0.6) is 17.2 Å². The second kappa shape index (κ2) is 11.3. The molecule has 2 aromatic carbocycles. The van der Waals surface area contributed by atoms with Crippen molar-refractivity contribution in [1.82, 2.24) is 4.90 Å². The second-order valence-corrected chi connectivity index (χ2v) is 11.0. The number of aromatic hydroxyl groups is 1. The molecule has 1 atom stereocenters. The van der Waals surface area contributed by atoms with Crippen LogP contribution in [0.15, 0.2) is 67.4 Å². The molecule has 3 aromatic rings. The van der Waals surface area contributed by atoms with Crippen LogP contribution in [0.3, 0.4) is 0 Å². The SMILES string of the molecule is CCC1(C)C=C(C(C)=O)N(C2CCCC2)/C1=N/C(N)=Nc1ccc2c(=O)cc(-c3cc(OC)c(O)c(OC)c3)oc2c1. The molecule has 0 saturated heterocycles. The van der Waals surface area contributed by atoms with E-state index in [-0.39, 0.29) is 46.2 Å². The van der Waals surface area contributed by atoms with E-state index in [1.54, 1.807) is 37.3 Å². The number of rotatable bonds is 7. The second-order valence-electron chi connectivity index (χ2n) is 11.0. The minimum atomic E-state index is -0.457. The highest BCUT2D eigenvalue weighted by Gasteiger charge is 2.44. The van der Waals surface area contributed by atoms with E-state index in [2.05, 4.69) is 23.7 Å². The monoisotopic (exact) mass is 572 g/mol. The molecule has 0 radical (unpaired) electrons. The maximum Gasteiger partial charge on any atom is 0.222 e. The number of hydrogen-bond acceptors (Lipinski definition) is 7. The fourth-order valence-electron chi connectivity index (χ4n) is 5.73. The zero-order valence-electron chi connectivity index (χ0n) is 24.6. The number of phenolic OH excluding ortho intramolecular Hbond substituents is 1. The van der Waals surface area contributed by atoms with Gasteiger partial charge in [-0.2, -0.15) is 4.99 Å². The van der Waals surface area contributed by atoms with Crippen molar-refractivity contribution in [2.45, 2.75) is 58.9 Å². The predicted molar refractivity (Wildman–Crippen MR) is 163 cm³/mol. The summed E-state index contributed by atoms with van der Waals surface area (Å²) in [5, 5.41) is 10.6. The van der Waals surface area contributed by atoms with Crippen LogP contribution in [0.1, 0.15) is 52.9 Å². The number of methoxy groups -OCH3 is 2. The Bertz CT molecular complexity index is 1670. The van der Waals surface area contributed by atoms with Crippen LogP contribution in [-0.2, 0) is 4.79 Å². The first-order valence-corrected chi connectivity index (χ1v) is 14.1. The Balaban J connectivity index is 1.55. The molecule has 1 fully saturated rings. The quantitative estimate of drug-likeness (QED) is 0.272. The van der Waals surface area contributed by atoms with Crippen LogP contribution in [0.4, 0.5) is 5.69 Å². The molecule has 0 bridgehead atoms. The van der Waals surface area contributed by atoms with Gasteiger partial charge in [0.2, 0.25) is 11.7 Å². The predicted octanol–water partition coefficient (Wildman–Crippen LogP) is 5.67. The maximum atomic E-state index is 13.0. The Morgan fingerprint density at radius 1 is 1.14 bits per heavy atom. The average Bonchev–Trinajstić information content (AvgIpc) is 3.60. The summed E-state index contributed by atoms with van der Waals surface area (Å²) in [5.74, 6) is 1.24. The van der Waals surface area contributed by atoms with E-state index >= 15 is 0 Å². The van der Waals surface area contributed by atoms with E-state index in [9.17, 15) is 14.7 Å². The number of aliphatic imine (C=N–C) groups is 2. The van der Waals surface area contributed by atoms with E-state index in [4.69, 9.17) is 24.6 Å².